The van der Waals surface area contributed by atoms with Crippen molar-refractivity contribution in [2.24, 2.45) is 0 Å². The molecule has 0 N–H and O–H groups in total. The van der Waals surface area contributed by atoms with Crippen LogP contribution in [0.1, 0.15) is 16.1 Å². The lowest BCUT2D eigenvalue weighted by Gasteiger charge is -2.36. The number of halogens is 4. The molecule has 1 amide bonds. The molecule has 0 spiro atoms. The standard InChI is InChI=1S/C22H18ClF3N2O2/c23-18-7-2-1-6-17(18)19-8-9-20(30-19)21(29)28-12-10-27(11-13-28)16-5-3-4-15(14-16)22(24,25)26/h1-9,14H,10-13H2. The highest BCUT2D eigenvalue weighted by atomic mass is 35.5. The Labute approximate surface area is 176 Å². The zero-order chi connectivity index (χ0) is 21.3. The van der Waals surface area contributed by atoms with Gasteiger partial charge in [-0.3, -0.25) is 4.79 Å². The zero-order valence-electron chi connectivity index (χ0n) is 15.8. The number of hydrogen-bond acceptors (Lipinski definition) is 3. The van der Waals surface area contributed by atoms with Gasteiger partial charge in [0.1, 0.15) is 5.76 Å². The van der Waals surface area contributed by atoms with Crippen LogP contribution in [0.5, 0.6) is 0 Å². The van der Waals surface area contributed by atoms with E-state index in [1.165, 1.54) is 6.07 Å². The van der Waals surface area contributed by atoms with E-state index < -0.39 is 11.7 Å². The smallest absolute Gasteiger partial charge is 0.416 e. The molecule has 0 atom stereocenters. The third kappa shape index (κ3) is 4.16. The first-order valence-corrected chi connectivity index (χ1v) is 9.77. The summed E-state index contributed by atoms with van der Waals surface area (Å²) in [5, 5.41) is 0.528. The Hall–Kier alpha value is -2.93. The fourth-order valence-electron chi connectivity index (χ4n) is 3.46. The molecule has 4 rings (SSSR count). The third-order valence-corrected chi connectivity index (χ3v) is 5.39. The van der Waals surface area contributed by atoms with Gasteiger partial charge in [-0.25, -0.2) is 0 Å². The number of nitrogens with zero attached hydrogens (tertiary/aromatic N) is 2. The molecule has 156 valence electrons. The molecule has 1 aromatic heterocycles. The Bertz CT molecular complexity index is 1060. The molecular formula is C22H18ClF3N2O2. The van der Waals surface area contributed by atoms with Gasteiger partial charge in [-0.15, -0.1) is 0 Å². The molecule has 1 fully saturated rings. The highest BCUT2D eigenvalue weighted by Gasteiger charge is 2.31. The maximum atomic E-state index is 13.0. The molecule has 2 aromatic carbocycles. The molecule has 8 heteroatoms. The number of rotatable bonds is 3. The first-order valence-electron chi connectivity index (χ1n) is 9.39. The largest absolute Gasteiger partial charge is 0.451 e. The predicted octanol–water partition coefficient (Wildman–Crippen LogP) is 5.58. The summed E-state index contributed by atoms with van der Waals surface area (Å²) >= 11 is 6.18. The highest BCUT2D eigenvalue weighted by molar-refractivity contribution is 6.33. The highest BCUT2D eigenvalue weighted by Crippen LogP contribution is 2.32. The summed E-state index contributed by atoms with van der Waals surface area (Å²) in [5.74, 6) is 0.459. The van der Waals surface area contributed by atoms with Gasteiger partial charge in [0.2, 0.25) is 0 Å². The lowest BCUT2D eigenvalue weighted by Crippen LogP contribution is -2.48. The Morgan fingerprint density at radius 2 is 1.67 bits per heavy atom. The number of hydrogen-bond donors (Lipinski definition) is 0. The van der Waals surface area contributed by atoms with E-state index in [1.54, 1.807) is 29.2 Å². The third-order valence-electron chi connectivity index (χ3n) is 5.06. The van der Waals surface area contributed by atoms with E-state index >= 15 is 0 Å². The molecule has 4 nitrogen and oxygen atoms in total. The molecule has 0 saturated carbocycles. The summed E-state index contributed by atoms with van der Waals surface area (Å²) in [6.07, 6.45) is -4.38. The molecule has 0 bridgehead atoms. The average molecular weight is 435 g/mol. The van der Waals surface area contributed by atoms with Gasteiger partial charge in [0.05, 0.1) is 10.6 Å². The van der Waals surface area contributed by atoms with Gasteiger partial charge in [0.25, 0.3) is 5.91 Å². The van der Waals surface area contributed by atoms with Crippen molar-refractivity contribution >= 4 is 23.2 Å². The second kappa shape index (κ2) is 8.07. The lowest BCUT2D eigenvalue weighted by atomic mass is 10.1. The fourth-order valence-corrected chi connectivity index (χ4v) is 3.69. The average Bonchev–Trinajstić information content (AvgIpc) is 3.23. The number of benzene rings is 2. The SMILES string of the molecule is O=C(c1ccc(-c2ccccc2Cl)o1)N1CCN(c2cccc(C(F)(F)F)c2)CC1. The normalized spacial score (nSPS) is 14.8. The Balaban J connectivity index is 1.43. The zero-order valence-corrected chi connectivity index (χ0v) is 16.6. The van der Waals surface area contributed by atoms with E-state index in [0.717, 1.165) is 12.1 Å². The second-order valence-electron chi connectivity index (χ2n) is 6.97. The molecule has 0 radical (unpaired) electrons. The number of amides is 1. The maximum Gasteiger partial charge on any atom is 0.416 e. The van der Waals surface area contributed by atoms with E-state index in [-0.39, 0.29) is 11.7 Å². The van der Waals surface area contributed by atoms with Gasteiger partial charge in [0, 0.05) is 37.4 Å². The molecule has 30 heavy (non-hydrogen) atoms. The van der Waals surface area contributed by atoms with E-state index in [0.29, 0.717) is 48.2 Å². The van der Waals surface area contributed by atoms with Crippen LogP contribution in [0.3, 0.4) is 0 Å². The number of carbonyl (C=O) groups is 1. The topological polar surface area (TPSA) is 36.7 Å². The van der Waals surface area contributed by atoms with Crippen molar-refractivity contribution in [3.05, 3.63) is 77.0 Å². The van der Waals surface area contributed by atoms with Crippen molar-refractivity contribution in [2.45, 2.75) is 6.18 Å². The van der Waals surface area contributed by atoms with Gasteiger partial charge in [-0.1, -0.05) is 29.8 Å². The number of furan rings is 1. The van der Waals surface area contributed by atoms with Crippen LogP contribution < -0.4 is 4.90 Å². The lowest BCUT2D eigenvalue weighted by molar-refractivity contribution is -0.137. The molecule has 0 unspecified atom stereocenters. The van der Waals surface area contributed by atoms with Crippen LogP contribution in [0.4, 0.5) is 18.9 Å². The van der Waals surface area contributed by atoms with Crippen LogP contribution in [0.25, 0.3) is 11.3 Å². The van der Waals surface area contributed by atoms with Crippen LogP contribution in [0.15, 0.2) is 65.1 Å². The van der Waals surface area contributed by atoms with Crippen molar-refractivity contribution in [3.63, 3.8) is 0 Å². The summed E-state index contributed by atoms with van der Waals surface area (Å²) in [6, 6.07) is 15.7. The summed E-state index contributed by atoms with van der Waals surface area (Å²) in [4.78, 5) is 16.3. The molecule has 3 aromatic rings. The Morgan fingerprint density at radius 1 is 0.933 bits per heavy atom. The minimum atomic E-state index is -4.38. The predicted molar refractivity (Wildman–Crippen MR) is 109 cm³/mol. The molecule has 0 aliphatic carbocycles. The van der Waals surface area contributed by atoms with Crippen molar-refractivity contribution in [1.82, 2.24) is 4.90 Å². The van der Waals surface area contributed by atoms with Crippen LogP contribution in [0, 0.1) is 0 Å². The Kier molecular flexibility index (Phi) is 5.47. The monoisotopic (exact) mass is 434 g/mol. The van der Waals surface area contributed by atoms with E-state index in [4.69, 9.17) is 16.0 Å². The summed E-state index contributed by atoms with van der Waals surface area (Å²) < 4.78 is 44.6. The first-order chi connectivity index (χ1) is 14.3. The molecule has 1 saturated heterocycles. The number of carbonyl (C=O) groups excluding carboxylic acids is 1. The van der Waals surface area contributed by atoms with Gasteiger partial charge >= 0.3 is 6.18 Å². The Morgan fingerprint density at radius 3 is 2.37 bits per heavy atom. The van der Waals surface area contributed by atoms with Crippen LogP contribution >= 0.6 is 11.6 Å². The summed E-state index contributed by atoms with van der Waals surface area (Å²) in [5.41, 5.74) is 0.518. The number of alkyl halides is 3. The van der Waals surface area contributed by atoms with Crippen molar-refractivity contribution in [1.29, 1.82) is 0 Å². The van der Waals surface area contributed by atoms with Crippen LogP contribution in [0.2, 0.25) is 5.02 Å². The van der Waals surface area contributed by atoms with Crippen LogP contribution in [-0.2, 0) is 6.18 Å². The van der Waals surface area contributed by atoms with E-state index in [2.05, 4.69) is 0 Å². The maximum absolute atomic E-state index is 13.0. The van der Waals surface area contributed by atoms with Gasteiger partial charge in [0.15, 0.2) is 5.76 Å². The van der Waals surface area contributed by atoms with Crippen molar-refractivity contribution in [3.8, 4) is 11.3 Å². The quantitative estimate of drug-likeness (QED) is 0.540. The summed E-state index contributed by atoms with van der Waals surface area (Å²) in [6.45, 7) is 1.64. The van der Waals surface area contributed by atoms with Crippen molar-refractivity contribution < 1.29 is 22.4 Å². The fraction of sp³-hybridized carbons (Fsp3) is 0.227. The van der Waals surface area contributed by atoms with Gasteiger partial charge in [-0.05, 0) is 42.5 Å². The minimum absolute atomic E-state index is 0.206. The van der Waals surface area contributed by atoms with E-state index in [1.807, 2.05) is 23.1 Å². The minimum Gasteiger partial charge on any atom is -0.451 e. The molecule has 2 heterocycles. The van der Waals surface area contributed by atoms with Gasteiger partial charge < -0.3 is 14.2 Å². The molecule has 1 aliphatic heterocycles. The second-order valence-corrected chi connectivity index (χ2v) is 7.38. The summed E-state index contributed by atoms with van der Waals surface area (Å²) in [7, 11) is 0. The van der Waals surface area contributed by atoms with Crippen molar-refractivity contribution in [2.75, 3.05) is 31.1 Å². The van der Waals surface area contributed by atoms with E-state index in [9.17, 15) is 18.0 Å². The number of piperazine rings is 1. The molecular weight excluding hydrogens is 417 g/mol. The van der Waals surface area contributed by atoms with Gasteiger partial charge in [-0.2, -0.15) is 13.2 Å². The molecule has 1 aliphatic rings. The first kappa shape index (κ1) is 20.3. The van der Waals surface area contributed by atoms with Crippen LogP contribution in [-0.4, -0.2) is 37.0 Å². The number of anilines is 1.